The largest absolute Gasteiger partial charge is 0.361 e. The number of benzene rings is 1. The molecule has 1 heterocycles. The van der Waals surface area contributed by atoms with Crippen LogP contribution in [0.4, 0.5) is 0 Å². The van der Waals surface area contributed by atoms with Crippen molar-refractivity contribution in [2.24, 2.45) is 0 Å². The van der Waals surface area contributed by atoms with Crippen molar-refractivity contribution < 1.29 is 1.37 Å². The molecule has 1 heteroatoms. The van der Waals surface area contributed by atoms with Gasteiger partial charge in [-0.05, 0) is 24.5 Å². The lowest BCUT2D eigenvalue weighted by atomic mass is 10.1. The molecule has 0 aliphatic rings. The second-order valence-electron chi connectivity index (χ2n) is 3.13. The third kappa shape index (κ3) is 1.50. The Kier molecular flexibility index (Phi) is 1.86. The Morgan fingerprint density at radius 3 is 3.31 bits per heavy atom. The van der Waals surface area contributed by atoms with E-state index in [0.717, 1.165) is 12.8 Å². The van der Waals surface area contributed by atoms with Crippen molar-refractivity contribution in [3.8, 4) is 0 Å². The summed E-state index contributed by atoms with van der Waals surface area (Å²) in [7, 11) is 0. The van der Waals surface area contributed by atoms with Crippen molar-refractivity contribution in [2.75, 3.05) is 0 Å². The average molecular weight is 172 g/mol. The lowest BCUT2D eigenvalue weighted by molar-refractivity contribution is 1.01. The van der Waals surface area contributed by atoms with Crippen LogP contribution in [-0.2, 0) is 6.42 Å². The minimum Gasteiger partial charge on any atom is -0.361 e. The molecule has 0 unspecified atom stereocenters. The molecule has 2 aromatic rings. The quantitative estimate of drug-likeness (QED) is 0.684. The van der Waals surface area contributed by atoms with Crippen LogP contribution in [-0.4, -0.2) is 4.98 Å². The van der Waals surface area contributed by atoms with Gasteiger partial charge in [0.2, 0.25) is 0 Å². The molecule has 1 aromatic carbocycles. The summed E-state index contributed by atoms with van der Waals surface area (Å²) in [5.41, 5.74) is 2.52. The predicted molar refractivity (Wildman–Crippen MR) is 56.8 cm³/mol. The van der Waals surface area contributed by atoms with Gasteiger partial charge in [0.05, 0.1) is 1.37 Å². The summed E-state index contributed by atoms with van der Waals surface area (Å²) in [6.07, 6.45) is 5.87. The Labute approximate surface area is 79.5 Å². The summed E-state index contributed by atoms with van der Waals surface area (Å²) < 4.78 is 6.91. The Morgan fingerprint density at radius 1 is 1.46 bits per heavy atom. The smallest absolute Gasteiger partial charge is 0.0534 e. The van der Waals surface area contributed by atoms with Crippen LogP contribution < -0.4 is 0 Å². The first-order valence-corrected chi connectivity index (χ1v) is 4.50. The number of aromatic amines is 1. The molecule has 0 atom stereocenters. The highest BCUT2D eigenvalue weighted by atomic mass is 14.7. The third-order valence-corrected chi connectivity index (χ3v) is 2.26. The topological polar surface area (TPSA) is 15.8 Å². The minimum absolute atomic E-state index is 0.936. The number of allylic oxidation sites excluding steroid dienone is 1. The van der Waals surface area contributed by atoms with Gasteiger partial charge in [0.15, 0.2) is 0 Å². The lowest BCUT2D eigenvalue weighted by Gasteiger charge is -1.94. The molecule has 0 spiro atoms. The predicted octanol–water partition coefficient (Wildman–Crippen LogP) is 3.29. The molecule has 1 aromatic heterocycles. The third-order valence-electron chi connectivity index (χ3n) is 2.26. The molecule has 13 heavy (non-hydrogen) atoms. The molecule has 0 amide bonds. The van der Waals surface area contributed by atoms with Crippen molar-refractivity contribution >= 4 is 10.9 Å². The molecule has 1 N–H and O–H groups in total. The van der Waals surface area contributed by atoms with Gasteiger partial charge in [-0.15, -0.1) is 6.55 Å². The van der Waals surface area contributed by atoms with E-state index < -0.39 is 0 Å². The Bertz CT molecular complexity index is 442. The maximum Gasteiger partial charge on any atom is 0.0534 e. The molecule has 0 saturated heterocycles. The van der Waals surface area contributed by atoms with Crippen LogP contribution in [0.1, 0.15) is 13.4 Å². The number of rotatable bonds is 3. The number of nitrogens with one attached hydrogen (secondary N) is 1. The van der Waals surface area contributed by atoms with Crippen molar-refractivity contribution in [1.82, 2.24) is 4.98 Å². The maximum absolute atomic E-state index is 6.91. The zero-order valence-corrected chi connectivity index (χ0v) is 7.46. The van der Waals surface area contributed by atoms with Crippen molar-refractivity contribution in [3.05, 3.63) is 48.7 Å². The molecular formula is C12H13N. The van der Waals surface area contributed by atoms with Crippen LogP contribution in [0.3, 0.4) is 0 Å². The zero-order valence-electron chi connectivity index (χ0n) is 8.46. The summed E-state index contributed by atoms with van der Waals surface area (Å²) in [4.78, 5) is 3.24. The van der Waals surface area contributed by atoms with E-state index in [1.807, 2.05) is 12.1 Å². The number of hydrogen-bond donors (Lipinski definition) is 1. The molecule has 0 fully saturated rings. The number of H-pyrrole nitrogens is 1. The Hall–Kier alpha value is -1.50. The fourth-order valence-corrected chi connectivity index (χ4v) is 1.58. The standard InChI is InChI=1S/C12H13N/c1-2-3-6-10-9-13-12-8-5-4-7-11(10)12/h2,4-5,7-9,13H,1,3,6H2/i1D. The van der Waals surface area contributed by atoms with E-state index in [4.69, 9.17) is 1.37 Å². The van der Waals surface area contributed by atoms with Gasteiger partial charge in [0, 0.05) is 17.1 Å². The Balaban J connectivity index is 2.25. The molecule has 0 saturated carbocycles. The fraction of sp³-hybridized carbons (Fsp3) is 0.167. The highest BCUT2D eigenvalue weighted by molar-refractivity contribution is 5.82. The van der Waals surface area contributed by atoms with Gasteiger partial charge in [-0.2, -0.15) is 0 Å². The van der Waals surface area contributed by atoms with Crippen LogP contribution in [0.2, 0.25) is 0 Å². The summed E-state index contributed by atoms with van der Waals surface area (Å²) in [6, 6.07) is 8.30. The van der Waals surface area contributed by atoms with E-state index in [1.54, 1.807) is 0 Å². The number of fused-ring (bicyclic) bond motifs is 1. The van der Waals surface area contributed by atoms with E-state index in [-0.39, 0.29) is 0 Å². The van der Waals surface area contributed by atoms with Gasteiger partial charge in [-0.3, -0.25) is 0 Å². The SMILES string of the molecule is [2H]C=CCCc1c[nH]c2ccccc12. The molecule has 0 bridgehead atoms. The molecule has 0 aliphatic carbocycles. The summed E-state index contributed by atoms with van der Waals surface area (Å²) in [5.74, 6) is 0. The van der Waals surface area contributed by atoms with Gasteiger partial charge in [-0.25, -0.2) is 0 Å². The van der Waals surface area contributed by atoms with E-state index in [0.29, 0.717) is 0 Å². The molecule has 1 nitrogen and oxygen atoms in total. The monoisotopic (exact) mass is 172 g/mol. The van der Waals surface area contributed by atoms with E-state index in [9.17, 15) is 0 Å². The van der Waals surface area contributed by atoms with Gasteiger partial charge >= 0.3 is 0 Å². The number of aryl methyl sites for hydroxylation is 1. The Morgan fingerprint density at radius 2 is 2.38 bits per heavy atom. The first-order chi connectivity index (χ1) is 6.92. The van der Waals surface area contributed by atoms with Gasteiger partial charge in [0.25, 0.3) is 0 Å². The van der Waals surface area contributed by atoms with Crippen LogP contribution in [0.15, 0.2) is 43.1 Å². The molecule has 0 aliphatic heterocycles. The first-order valence-electron chi connectivity index (χ1n) is 5.08. The van der Waals surface area contributed by atoms with Crippen LogP contribution >= 0.6 is 0 Å². The molecule has 2 rings (SSSR count). The molecular weight excluding hydrogens is 158 g/mol. The lowest BCUT2D eigenvalue weighted by Crippen LogP contribution is -1.79. The van der Waals surface area contributed by atoms with Gasteiger partial charge in [0.1, 0.15) is 0 Å². The normalized spacial score (nSPS) is 12.5. The second kappa shape index (κ2) is 3.48. The van der Waals surface area contributed by atoms with E-state index >= 15 is 0 Å². The highest BCUT2D eigenvalue weighted by Crippen LogP contribution is 2.18. The van der Waals surface area contributed by atoms with Crippen molar-refractivity contribution in [3.63, 3.8) is 0 Å². The number of para-hydroxylation sites is 1. The average Bonchev–Trinajstić information content (AvgIpc) is 2.63. The summed E-state index contributed by atoms with van der Waals surface area (Å²) in [6.45, 7) is 1.36. The van der Waals surface area contributed by atoms with Crippen LogP contribution in [0, 0.1) is 0 Å². The van der Waals surface area contributed by atoms with Crippen LogP contribution in [0.25, 0.3) is 10.9 Å². The number of hydrogen-bond acceptors (Lipinski definition) is 0. The van der Waals surface area contributed by atoms with Gasteiger partial charge in [-0.1, -0.05) is 24.3 Å². The van der Waals surface area contributed by atoms with E-state index in [1.165, 1.54) is 23.0 Å². The highest BCUT2D eigenvalue weighted by Gasteiger charge is 2.00. The summed E-state index contributed by atoms with van der Waals surface area (Å²) >= 11 is 0. The zero-order chi connectivity index (χ0) is 9.80. The maximum atomic E-state index is 6.91. The van der Waals surface area contributed by atoms with Crippen molar-refractivity contribution in [1.29, 1.82) is 0 Å². The van der Waals surface area contributed by atoms with Crippen LogP contribution in [0.5, 0.6) is 0 Å². The van der Waals surface area contributed by atoms with Gasteiger partial charge < -0.3 is 4.98 Å². The van der Waals surface area contributed by atoms with Crippen molar-refractivity contribution in [2.45, 2.75) is 12.8 Å². The fourth-order valence-electron chi connectivity index (χ4n) is 1.58. The molecule has 0 radical (unpaired) electrons. The molecule has 66 valence electrons. The minimum atomic E-state index is 0.936. The first kappa shape index (κ1) is 6.96. The number of aromatic nitrogens is 1. The van der Waals surface area contributed by atoms with E-state index in [2.05, 4.69) is 29.4 Å². The second-order valence-corrected chi connectivity index (χ2v) is 3.13. The summed E-state index contributed by atoms with van der Waals surface area (Å²) in [5, 5.41) is 1.30.